The third-order valence-corrected chi connectivity index (χ3v) is 10.5. The van der Waals surface area contributed by atoms with Gasteiger partial charge in [0.15, 0.2) is 0 Å². The van der Waals surface area contributed by atoms with Gasteiger partial charge in [-0.1, -0.05) is 0 Å². The molecule has 0 aliphatic heterocycles. The van der Waals surface area contributed by atoms with Crippen LogP contribution in [-0.2, 0) is 0 Å². The van der Waals surface area contributed by atoms with Gasteiger partial charge in [-0.05, 0) is 0 Å². The van der Waals surface area contributed by atoms with E-state index in [0.29, 0.717) is 29.9 Å². The number of benzene rings is 2. The van der Waals surface area contributed by atoms with Crippen molar-refractivity contribution in [1.82, 2.24) is 0 Å². The van der Waals surface area contributed by atoms with Crippen LogP contribution in [0.15, 0.2) is 60.7 Å². The van der Waals surface area contributed by atoms with E-state index in [9.17, 15) is 0 Å². The molecule has 0 fully saturated rings. The summed E-state index contributed by atoms with van der Waals surface area (Å²) in [6.45, 7) is 2.29. The second kappa shape index (κ2) is 12.8. The number of unbranched alkanes of at least 4 members (excludes halogenated alkanes) is 6. The van der Waals surface area contributed by atoms with Gasteiger partial charge < -0.3 is 0 Å². The molecule has 2 aromatic rings. The maximum absolute atomic E-state index is 2.32. The summed E-state index contributed by atoms with van der Waals surface area (Å²) in [5.74, 6) is 0. The second-order valence-electron chi connectivity index (χ2n) is 6.20. The fourth-order valence-electron chi connectivity index (χ4n) is 2.71. The summed E-state index contributed by atoms with van der Waals surface area (Å²) in [4.78, 5) is 0. The molecule has 0 radical (unpaired) electrons. The first-order valence-corrected chi connectivity index (χ1v) is 13.0. The second-order valence-corrected chi connectivity index (χ2v) is 13.1. The van der Waals surface area contributed by atoms with E-state index in [1.165, 1.54) is 51.4 Å². The Bertz CT molecular complexity index is 483. The van der Waals surface area contributed by atoms with Crippen LogP contribution in [0.3, 0.4) is 0 Å². The predicted molar refractivity (Wildman–Crippen MR) is 110 cm³/mol. The fraction of sp³-hybridized carbons (Fsp3) is 0.455. The third kappa shape index (κ3) is 8.54. The molecule has 0 nitrogen and oxygen atoms in total. The van der Waals surface area contributed by atoms with Crippen LogP contribution in [0.5, 0.6) is 0 Å². The van der Waals surface area contributed by atoms with Crippen LogP contribution in [0.2, 0.25) is 3.71 Å². The summed E-state index contributed by atoms with van der Waals surface area (Å²) in [5, 5.41) is 0. The molecular formula is C22H30Se2. The minimum absolute atomic E-state index is 0.610. The van der Waals surface area contributed by atoms with E-state index in [1.807, 2.05) is 0 Å². The summed E-state index contributed by atoms with van der Waals surface area (Å²) in [6.07, 6.45) is 11.3. The third-order valence-electron chi connectivity index (χ3n) is 4.06. The van der Waals surface area contributed by atoms with E-state index in [-0.39, 0.29) is 0 Å². The van der Waals surface area contributed by atoms with Gasteiger partial charge in [0.05, 0.1) is 0 Å². The van der Waals surface area contributed by atoms with Crippen molar-refractivity contribution in [2.24, 2.45) is 0 Å². The SMILES string of the molecule is CCCCCCCCCC([Se]c1ccccc1)[Se]c1ccccc1. The minimum atomic E-state index is 0.610. The van der Waals surface area contributed by atoms with E-state index >= 15 is 0 Å². The Morgan fingerprint density at radius 2 is 1.08 bits per heavy atom. The van der Waals surface area contributed by atoms with Crippen molar-refractivity contribution in [2.45, 2.75) is 62.0 Å². The first-order valence-electron chi connectivity index (χ1n) is 9.32. The van der Waals surface area contributed by atoms with E-state index < -0.39 is 0 Å². The molecule has 24 heavy (non-hydrogen) atoms. The Labute approximate surface area is 161 Å². The normalized spacial score (nSPS) is 11.1. The van der Waals surface area contributed by atoms with Crippen LogP contribution in [0.4, 0.5) is 0 Å². The van der Waals surface area contributed by atoms with Gasteiger partial charge in [0.1, 0.15) is 0 Å². The van der Waals surface area contributed by atoms with Crippen LogP contribution in [0, 0.1) is 0 Å². The molecule has 0 aromatic heterocycles. The Morgan fingerprint density at radius 1 is 0.625 bits per heavy atom. The zero-order chi connectivity index (χ0) is 16.9. The maximum atomic E-state index is 2.32. The molecule has 0 bridgehead atoms. The molecule has 0 N–H and O–H groups in total. The first kappa shape index (κ1) is 19.8. The predicted octanol–water partition coefficient (Wildman–Crippen LogP) is 4.93. The van der Waals surface area contributed by atoms with E-state index in [0.717, 1.165) is 3.71 Å². The van der Waals surface area contributed by atoms with Crippen LogP contribution in [0.1, 0.15) is 58.3 Å². The van der Waals surface area contributed by atoms with E-state index in [1.54, 1.807) is 8.92 Å². The fourth-order valence-corrected chi connectivity index (χ4v) is 9.55. The van der Waals surface area contributed by atoms with Gasteiger partial charge in [-0.15, -0.1) is 0 Å². The summed E-state index contributed by atoms with van der Waals surface area (Å²) in [7, 11) is 0. The van der Waals surface area contributed by atoms with Crippen molar-refractivity contribution in [2.75, 3.05) is 0 Å². The zero-order valence-electron chi connectivity index (χ0n) is 14.8. The molecule has 0 spiro atoms. The van der Waals surface area contributed by atoms with Gasteiger partial charge >= 0.3 is 162 Å². The van der Waals surface area contributed by atoms with Crippen molar-refractivity contribution < 1.29 is 0 Å². The van der Waals surface area contributed by atoms with Crippen molar-refractivity contribution in [3.63, 3.8) is 0 Å². The molecular weight excluding hydrogens is 422 g/mol. The average Bonchev–Trinajstić information content (AvgIpc) is 2.62. The van der Waals surface area contributed by atoms with Gasteiger partial charge in [-0.2, -0.15) is 0 Å². The summed E-state index contributed by atoms with van der Waals surface area (Å²) in [6, 6.07) is 22.3. The quantitative estimate of drug-likeness (QED) is 0.317. The van der Waals surface area contributed by atoms with Crippen LogP contribution >= 0.6 is 0 Å². The molecule has 0 aliphatic carbocycles. The van der Waals surface area contributed by atoms with Crippen LogP contribution in [-0.4, -0.2) is 29.9 Å². The summed E-state index contributed by atoms with van der Waals surface area (Å²) >= 11 is 1.22. The van der Waals surface area contributed by atoms with Crippen molar-refractivity contribution in [3.8, 4) is 0 Å². The van der Waals surface area contributed by atoms with Crippen molar-refractivity contribution >= 4 is 38.8 Å². The van der Waals surface area contributed by atoms with Crippen molar-refractivity contribution in [1.29, 1.82) is 0 Å². The molecule has 0 atom stereocenters. The zero-order valence-corrected chi connectivity index (χ0v) is 18.3. The standard InChI is InChI=1S/C22H30Se2/c1-2-3-4-5-6-7-14-19-22(23-20-15-10-8-11-16-20)24-21-17-12-9-13-18-21/h8-13,15-18,22H,2-7,14,19H2,1H3. The molecule has 2 rings (SSSR count). The monoisotopic (exact) mass is 454 g/mol. The van der Waals surface area contributed by atoms with Gasteiger partial charge in [0.2, 0.25) is 0 Å². The Hall–Kier alpha value is -0.521. The van der Waals surface area contributed by atoms with E-state index in [4.69, 9.17) is 0 Å². The van der Waals surface area contributed by atoms with Crippen LogP contribution < -0.4 is 8.92 Å². The van der Waals surface area contributed by atoms with Crippen molar-refractivity contribution in [3.05, 3.63) is 60.7 Å². The van der Waals surface area contributed by atoms with Gasteiger partial charge in [0, 0.05) is 0 Å². The summed E-state index contributed by atoms with van der Waals surface area (Å²) < 4.78 is 4.02. The van der Waals surface area contributed by atoms with Crippen LogP contribution in [0.25, 0.3) is 0 Å². The van der Waals surface area contributed by atoms with E-state index in [2.05, 4.69) is 67.6 Å². The molecule has 0 amide bonds. The molecule has 2 heteroatoms. The number of rotatable bonds is 12. The topological polar surface area (TPSA) is 0 Å². The number of hydrogen-bond acceptors (Lipinski definition) is 0. The molecule has 0 saturated carbocycles. The van der Waals surface area contributed by atoms with Gasteiger partial charge in [-0.3, -0.25) is 0 Å². The average molecular weight is 452 g/mol. The molecule has 0 aliphatic rings. The summed E-state index contributed by atoms with van der Waals surface area (Å²) in [5.41, 5.74) is 0. The van der Waals surface area contributed by atoms with Gasteiger partial charge in [-0.25, -0.2) is 0 Å². The molecule has 0 heterocycles. The Morgan fingerprint density at radius 3 is 1.58 bits per heavy atom. The number of hydrogen-bond donors (Lipinski definition) is 0. The molecule has 130 valence electrons. The Balaban J connectivity index is 1.79. The first-order chi connectivity index (χ1) is 11.9. The molecule has 2 aromatic carbocycles. The van der Waals surface area contributed by atoms with Gasteiger partial charge in [0.25, 0.3) is 0 Å². The Kier molecular flexibility index (Phi) is 10.5. The molecule has 0 saturated heterocycles. The molecule has 0 unspecified atom stereocenters.